The zero-order chi connectivity index (χ0) is 16.7. The number of aryl methyl sites for hydroxylation is 5. The lowest BCUT2D eigenvalue weighted by atomic mass is 10.1. The molecule has 120 valence electrons. The molecule has 0 fully saturated rings. The second-order valence-electron chi connectivity index (χ2n) is 5.99. The Morgan fingerprint density at radius 1 is 1.13 bits per heavy atom. The van der Waals surface area contributed by atoms with Gasteiger partial charge in [0.05, 0.1) is 11.1 Å². The molecule has 0 aliphatic carbocycles. The number of H-pyrrole nitrogens is 1. The number of hydrogen-bond donors (Lipinski definition) is 1. The third kappa shape index (κ3) is 3.08. The van der Waals surface area contributed by atoms with E-state index < -0.39 is 0 Å². The minimum absolute atomic E-state index is 0.0233. The molecule has 0 bridgehead atoms. The normalized spacial score (nSPS) is 11.3. The van der Waals surface area contributed by atoms with Gasteiger partial charge in [-0.2, -0.15) is 0 Å². The van der Waals surface area contributed by atoms with Crippen molar-refractivity contribution in [1.29, 1.82) is 0 Å². The Bertz CT molecular complexity index is 931. The molecule has 0 aliphatic rings. The molecule has 2 heterocycles. The number of nitrogens with one attached hydrogen (secondary N) is 1. The average molecular weight is 345 g/mol. The minimum Gasteiger partial charge on any atom is -0.309 e. The summed E-state index contributed by atoms with van der Waals surface area (Å²) < 4.78 is 0. The monoisotopic (exact) mass is 344 g/mol. The first kappa shape index (κ1) is 16.3. The van der Waals surface area contributed by atoms with Crippen LogP contribution >= 0.6 is 23.1 Å². The Hall–Kier alpha value is -1.59. The van der Waals surface area contributed by atoms with Crippen LogP contribution in [0, 0.1) is 34.6 Å². The maximum Gasteiger partial charge on any atom is 0.259 e. The van der Waals surface area contributed by atoms with E-state index in [1.54, 1.807) is 23.1 Å². The molecule has 1 aromatic carbocycles. The molecule has 2 aromatic heterocycles. The quantitative estimate of drug-likeness (QED) is 0.693. The van der Waals surface area contributed by atoms with Crippen LogP contribution in [0.2, 0.25) is 0 Å². The van der Waals surface area contributed by atoms with E-state index in [-0.39, 0.29) is 5.56 Å². The number of fused-ring (bicyclic) bond motifs is 1. The van der Waals surface area contributed by atoms with Gasteiger partial charge in [0.1, 0.15) is 10.7 Å². The number of nitrogens with zero attached hydrogens (tertiary/aromatic N) is 1. The highest BCUT2D eigenvalue weighted by atomic mass is 32.2. The van der Waals surface area contributed by atoms with Gasteiger partial charge in [-0.3, -0.25) is 4.79 Å². The molecule has 0 radical (unpaired) electrons. The van der Waals surface area contributed by atoms with Gasteiger partial charge in [0, 0.05) is 9.77 Å². The molecular weight excluding hydrogens is 324 g/mol. The van der Waals surface area contributed by atoms with E-state index >= 15 is 0 Å². The summed E-state index contributed by atoms with van der Waals surface area (Å²) in [6, 6.07) is 4.39. The van der Waals surface area contributed by atoms with Crippen LogP contribution in [0.15, 0.2) is 21.8 Å². The lowest BCUT2D eigenvalue weighted by Gasteiger charge is -2.10. The third-order valence-corrected chi connectivity index (χ3v) is 6.50. The molecule has 3 aromatic rings. The first-order valence-corrected chi connectivity index (χ1v) is 9.36. The highest BCUT2D eigenvalue weighted by Crippen LogP contribution is 2.30. The number of rotatable bonds is 3. The van der Waals surface area contributed by atoms with E-state index in [2.05, 4.69) is 42.9 Å². The number of benzene rings is 1. The van der Waals surface area contributed by atoms with Crippen LogP contribution in [-0.2, 0) is 5.75 Å². The Morgan fingerprint density at radius 2 is 1.78 bits per heavy atom. The lowest BCUT2D eigenvalue weighted by molar-refractivity contribution is 1.04. The number of hydrogen-bond acceptors (Lipinski definition) is 4. The Kier molecular flexibility index (Phi) is 4.34. The average Bonchev–Trinajstić information content (AvgIpc) is 2.73. The Balaban J connectivity index is 1.93. The lowest BCUT2D eigenvalue weighted by Crippen LogP contribution is -2.10. The van der Waals surface area contributed by atoms with Crippen molar-refractivity contribution >= 4 is 33.3 Å². The smallest absolute Gasteiger partial charge is 0.259 e. The highest BCUT2D eigenvalue weighted by Gasteiger charge is 2.12. The van der Waals surface area contributed by atoms with Gasteiger partial charge in [0.25, 0.3) is 5.56 Å². The zero-order valence-corrected chi connectivity index (χ0v) is 15.7. The second-order valence-corrected chi connectivity index (χ2v) is 8.18. The maximum atomic E-state index is 12.3. The number of aromatic nitrogens is 2. The van der Waals surface area contributed by atoms with Gasteiger partial charge in [0.2, 0.25) is 0 Å². The van der Waals surface area contributed by atoms with Crippen molar-refractivity contribution in [3.63, 3.8) is 0 Å². The molecular formula is C18H20N2OS2. The van der Waals surface area contributed by atoms with Crippen molar-refractivity contribution in [2.45, 2.75) is 45.3 Å². The van der Waals surface area contributed by atoms with Crippen LogP contribution in [0.4, 0.5) is 0 Å². The molecule has 0 atom stereocenters. The molecule has 0 spiro atoms. The molecule has 0 aliphatic heterocycles. The summed E-state index contributed by atoms with van der Waals surface area (Å²) in [5.74, 6) is 1.42. The molecule has 0 saturated carbocycles. The molecule has 0 unspecified atom stereocenters. The van der Waals surface area contributed by atoms with Gasteiger partial charge in [-0.15, -0.1) is 23.1 Å². The largest absolute Gasteiger partial charge is 0.309 e. The van der Waals surface area contributed by atoms with Crippen molar-refractivity contribution in [1.82, 2.24) is 9.97 Å². The van der Waals surface area contributed by atoms with Crippen LogP contribution in [0.5, 0.6) is 0 Å². The Morgan fingerprint density at radius 3 is 2.43 bits per heavy atom. The van der Waals surface area contributed by atoms with Crippen molar-refractivity contribution < 1.29 is 0 Å². The summed E-state index contributed by atoms with van der Waals surface area (Å²) in [6.07, 6.45) is 0. The molecule has 5 heteroatoms. The summed E-state index contributed by atoms with van der Waals surface area (Å²) in [6.45, 7) is 10.4. The van der Waals surface area contributed by atoms with Crippen LogP contribution in [0.1, 0.15) is 33.0 Å². The van der Waals surface area contributed by atoms with Gasteiger partial charge < -0.3 is 4.98 Å². The molecule has 23 heavy (non-hydrogen) atoms. The van der Waals surface area contributed by atoms with Gasteiger partial charge in [0.15, 0.2) is 0 Å². The molecule has 0 amide bonds. The van der Waals surface area contributed by atoms with Gasteiger partial charge in [-0.25, -0.2) is 4.98 Å². The second kappa shape index (κ2) is 6.13. The summed E-state index contributed by atoms with van der Waals surface area (Å²) in [5, 5.41) is 0.740. The van der Waals surface area contributed by atoms with Crippen LogP contribution < -0.4 is 5.56 Å². The summed E-state index contributed by atoms with van der Waals surface area (Å²) >= 11 is 3.33. The van der Waals surface area contributed by atoms with E-state index in [0.29, 0.717) is 5.75 Å². The fourth-order valence-corrected chi connectivity index (χ4v) is 4.94. The van der Waals surface area contributed by atoms with E-state index in [9.17, 15) is 4.79 Å². The van der Waals surface area contributed by atoms with Crippen LogP contribution in [-0.4, -0.2) is 9.97 Å². The van der Waals surface area contributed by atoms with Crippen molar-refractivity contribution in [3.8, 4) is 0 Å². The summed E-state index contributed by atoms with van der Waals surface area (Å²) in [5.41, 5.74) is 4.85. The number of aromatic amines is 1. The van der Waals surface area contributed by atoms with E-state index in [4.69, 9.17) is 0 Å². The third-order valence-electron chi connectivity index (χ3n) is 4.05. The fraction of sp³-hybridized carbons (Fsp3) is 0.333. The van der Waals surface area contributed by atoms with E-state index in [1.165, 1.54) is 21.6 Å². The van der Waals surface area contributed by atoms with Gasteiger partial charge in [-0.1, -0.05) is 17.7 Å². The van der Waals surface area contributed by atoms with Gasteiger partial charge in [-0.05, 0) is 51.3 Å². The van der Waals surface area contributed by atoms with Crippen molar-refractivity contribution in [3.05, 3.63) is 55.4 Å². The Labute approximate surface area is 144 Å². The predicted octanol–water partition coefficient (Wildman–Crippen LogP) is 4.82. The summed E-state index contributed by atoms with van der Waals surface area (Å²) in [7, 11) is 0. The molecule has 0 saturated heterocycles. The molecule has 3 rings (SSSR count). The van der Waals surface area contributed by atoms with Crippen molar-refractivity contribution in [2.24, 2.45) is 0 Å². The van der Waals surface area contributed by atoms with E-state index in [0.717, 1.165) is 26.5 Å². The zero-order valence-electron chi connectivity index (χ0n) is 14.0. The number of thiophene rings is 1. The fourth-order valence-electron chi connectivity index (χ4n) is 2.90. The maximum absolute atomic E-state index is 12.3. The topological polar surface area (TPSA) is 45.8 Å². The highest BCUT2D eigenvalue weighted by molar-refractivity contribution is 7.98. The minimum atomic E-state index is -0.0233. The van der Waals surface area contributed by atoms with Crippen LogP contribution in [0.25, 0.3) is 10.2 Å². The van der Waals surface area contributed by atoms with Crippen molar-refractivity contribution in [2.75, 3.05) is 0 Å². The number of thioether (sulfide) groups is 1. The summed E-state index contributed by atoms with van der Waals surface area (Å²) in [4.78, 5) is 23.2. The van der Waals surface area contributed by atoms with Gasteiger partial charge >= 0.3 is 0 Å². The first-order chi connectivity index (χ1) is 10.9. The predicted molar refractivity (Wildman–Crippen MR) is 99.9 cm³/mol. The molecule has 3 nitrogen and oxygen atoms in total. The van der Waals surface area contributed by atoms with Crippen LogP contribution in [0.3, 0.4) is 0 Å². The van der Waals surface area contributed by atoms with E-state index in [1.807, 2.05) is 13.8 Å². The SMILES string of the molecule is Cc1cc(C)c(SCc2nc3sc(C)c(C)c3c(=O)[nH]2)c(C)c1. The first-order valence-electron chi connectivity index (χ1n) is 7.56. The molecule has 1 N–H and O–H groups in total. The standard InChI is InChI=1S/C18H20N2OS2/c1-9-6-10(2)16(11(3)7-9)22-8-14-19-17(21)15-12(4)13(5)23-18(15)20-14/h6-7H,8H2,1-5H3,(H,19,20,21).